The Morgan fingerprint density at radius 3 is 2.40 bits per heavy atom. The molecule has 0 rings (SSSR count). The van der Waals surface area contributed by atoms with Crippen LogP contribution in [-0.4, -0.2) is 0 Å². The molecule has 0 radical (unpaired) electrons. The van der Waals surface area contributed by atoms with Gasteiger partial charge in [-0.25, -0.2) is 0 Å². The molecule has 0 aromatic heterocycles. The van der Waals surface area contributed by atoms with Crippen molar-refractivity contribution in [1.29, 1.82) is 0 Å². The average Bonchev–Trinajstić information content (AvgIpc) is 2.26. The Morgan fingerprint density at radius 2 is 1.67 bits per heavy atom. The molecule has 0 unspecified atom stereocenters. The predicted molar refractivity (Wildman–Crippen MR) is 68.7 cm³/mol. The van der Waals surface area contributed by atoms with Crippen LogP contribution in [-0.2, 0) is 0 Å². The summed E-state index contributed by atoms with van der Waals surface area (Å²) in [5.41, 5.74) is 3.11. The highest BCUT2D eigenvalue weighted by molar-refractivity contribution is 5.14. The summed E-state index contributed by atoms with van der Waals surface area (Å²) < 4.78 is 0. The highest BCUT2D eigenvalue weighted by atomic mass is 13.9. The largest absolute Gasteiger partial charge is 0.116 e. The maximum Gasteiger partial charge on any atom is 0.0298 e. The fourth-order valence-corrected chi connectivity index (χ4v) is 1.27. The molecule has 0 nitrogen and oxygen atoms in total. The van der Waals surface area contributed by atoms with Crippen molar-refractivity contribution in [3.63, 3.8) is 0 Å². The minimum absolute atomic E-state index is 1.03. The second kappa shape index (κ2) is 13.1. The van der Waals surface area contributed by atoms with E-state index in [-0.39, 0.29) is 0 Å². The summed E-state index contributed by atoms with van der Waals surface area (Å²) in [4.78, 5) is 0. The van der Waals surface area contributed by atoms with E-state index in [0.717, 1.165) is 12.8 Å². The highest BCUT2D eigenvalue weighted by Crippen LogP contribution is 1.98. The number of allylic oxidation sites excluding steroid dienone is 1. The summed E-state index contributed by atoms with van der Waals surface area (Å²) in [5, 5.41) is 0. The molecule has 0 fully saturated rings. The molecule has 0 aromatic carbocycles. The van der Waals surface area contributed by atoms with E-state index in [1.54, 1.807) is 0 Å². The molecular weight excluding hydrogens is 180 g/mol. The highest BCUT2D eigenvalue weighted by Gasteiger charge is 1.80. The van der Waals surface area contributed by atoms with Crippen LogP contribution < -0.4 is 0 Å². The predicted octanol–water partition coefficient (Wildman–Crippen LogP) is 4.86. The lowest BCUT2D eigenvalue weighted by atomic mass is 10.2. The van der Waals surface area contributed by atoms with Gasteiger partial charge in [0.15, 0.2) is 0 Å². The van der Waals surface area contributed by atoms with Gasteiger partial charge in [0.05, 0.1) is 0 Å². The van der Waals surface area contributed by atoms with E-state index in [0.29, 0.717) is 0 Å². The third kappa shape index (κ3) is 13.1. The quantitative estimate of drug-likeness (QED) is 0.315. The standard InChI is InChI=1S/C15H24/c1-3-5-7-9-11-13-15-14-12-10-8-6-4-2/h11,15H,3-10H2,1-2H3. The van der Waals surface area contributed by atoms with Crippen LogP contribution in [0.25, 0.3) is 0 Å². The lowest BCUT2D eigenvalue weighted by molar-refractivity contribution is 0.729. The van der Waals surface area contributed by atoms with E-state index in [2.05, 4.69) is 37.5 Å². The summed E-state index contributed by atoms with van der Waals surface area (Å²) >= 11 is 0. The van der Waals surface area contributed by atoms with E-state index in [1.165, 1.54) is 38.5 Å². The molecule has 0 saturated carbocycles. The van der Waals surface area contributed by atoms with E-state index in [4.69, 9.17) is 0 Å². The van der Waals surface area contributed by atoms with Gasteiger partial charge in [-0.15, -0.1) is 5.73 Å². The first-order valence-electron chi connectivity index (χ1n) is 6.29. The second-order valence-electron chi connectivity index (χ2n) is 3.79. The monoisotopic (exact) mass is 204 g/mol. The van der Waals surface area contributed by atoms with Crippen molar-refractivity contribution in [2.45, 2.75) is 65.2 Å². The maximum atomic E-state index is 3.13. The fourth-order valence-electron chi connectivity index (χ4n) is 1.27. The molecule has 0 saturated heterocycles. The number of unbranched alkanes of at least 4 members (excludes halogenated alkanes) is 6. The van der Waals surface area contributed by atoms with Crippen molar-refractivity contribution in [3.8, 4) is 11.8 Å². The molecule has 0 amide bonds. The summed E-state index contributed by atoms with van der Waals surface area (Å²) in [6, 6.07) is 0. The van der Waals surface area contributed by atoms with Crippen LogP contribution in [0.5, 0.6) is 0 Å². The van der Waals surface area contributed by atoms with Gasteiger partial charge in [0.1, 0.15) is 0 Å². The lowest BCUT2D eigenvalue weighted by Crippen LogP contribution is -1.70. The SMILES string of the molecule is CCCCCC#CC=C=CCCCCC. The Bertz CT molecular complexity index is 230. The van der Waals surface area contributed by atoms with E-state index >= 15 is 0 Å². The molecule has 0 atom stereocenters. The first-order chi connectivity index (χ1) is 7.41. The minimum atomic E-state index is 1.03. The van der Waals surface area contributed by atoms with Crippen molar-refractivity contribution >= 4 is 0 Å². The Kier molecular flexibility index (Phi) is 12.3. The molecule has 15 heavy (non-hydrogen) atoms. The summed E-state index contributed by atoms with van der Waals surface area (Å²) in [5.74, 6) is 6.15. The summed E-state index contributed by atoms with van der Waals surface area (Å²) in [6.07, 6.45) is 13.8. The molecular formula is C15H24. The molecule has 0 aliphatic rings. The number of rotatable bonds is 7. The minimum Gasteiger partial charge on any atom is -0.116 e. The number of hydrogen-bond donors (Lipinski definition) is 0. The van der Waals surface area contributed by atoms with Gasteiger partial charge >= 0.3 is 0 Å². The van der Waals surface area contributed by atoms with Gasteiger partial charge in [0, 0.05) is 12.5 Å². The van der Waals surface area contributed by atoms with Crippen molar-refractivity contribution < 1.29 is 0 Å². The molecule has 0 heterocycles. The fraction of sp³-hybridized carbons (Fsp3) is 0.667. The van der Waals surface area contributed by atoms with Crippen LogP contribution in [0.3, 0.4) is 0 Å². The van der Waals surface area contributed by atoms with E-state index in [9.17, 15) is 0 Å². The Balaban J connectivity index is 3.41. The van der Waals surface area contributed by atoms with Gasteiger partial charge in [-0.05, 0) is 25.3 Å². The first kappa shape index (κ1) is 14.1. The third-order valence-corrected chi connectivity index (χ3v) is 2.23. The second-order valence-corrected chi connectivity index (χ2v) is 3.79. The topological polar surface area (TPSA) is 0 Å². The zero-order valence-electron chi connectivity index (χ0n) is 10.3. The van der Waals surface area contributed by atoms with Crippen molar-refractivity contribution in [1.82, 2.24) is 0 Å². The molecule has 0 aliphatic carbocycles. The molecule has 0 N–H and O–H groups in total. The Labute approximate surface area is 95.5 Å². The van der Waals surface area contributed by atoms with Crippen LogP contribution in [0.2, 0.25) is 0 Å². The normalized spacial score (nSPS) is 8.67. The zero-order valence-corrected chi connectivity index (χ0v) is 10.3. The smallest absolute Gasteiger partial charge is 0.0298 e. The van der Waals surface area contributed by atoms with Crippen LogP contribution in [0.15, 0.2) is 17.9 Å². The molecule has 0 bridgehead atoms. The molecule has 0 heteroatoms. The van der Waals surface area contributed by atoms with Gasteiger partial charge in [-0.3, -0.25) is 0 Å². The lowest BCUT2D eigenvalue weighted by Gasteiger charge is -1.88. The van der Waals surface area contributed by atoms with Gasteiger partial charge in [-0.2, -0.15) is 0 Å². The van der Waals surface area contributed by atoms with Gasteiger partial charge in [-0.1, -0.05) is 51.4 Å². The van der Waals surface area contributed by atoms with Crippen LogP contribution in [0.4, 0.5) is 0 Å². The molecule has 0 aromatic rings. The average molecular weight is 204 g/mol. The summed E-state index contributed by atoms with van der Waals surface area (Å²) in [7, 11) is 0. The molecule has 0 aliphatic heterocycles. The number of hydrogen-bond acceptors (Lipinski definition) is 0. The van der Waals surface area contributed by atoms with E-state index in [1.807, 2.05) is 6.08 Å². The van der Waals surface area contributed by atoms with Crippen LogP contribution >= 0.6 is 0 Å². The first-order valence-corrected chi connectivity index (χ1v) is 6.29. The van der Waals surface area contributed by atoms with Crippen LogP contribution in [0.1, 0.15) is 65.2 Å². The van der Waals surface area contributed by atoms with Crippen LogP contribution in [0, 0.1) is 11.8 Å². The van der Waals surface area contributed by atoms with Gasteiger partial charge < -0.3 is 0 Å². The van der Waals surface area contributed by atoms with E-state index < -0.39 is 0 Å². The van der Waals surface area contributed by atoms with Crippen molar-refractivity contribution in [2.24, 2.45) is 0 Å². The van der Waals surface area contributed by atoms with Crippen molar-refractivity contribution in [2.75, 3.05) is 0 Å². The van der Waals surface area contributed by atoms with Gasteiger partial charge in [0.2, 0.25) is 0 Å². The summed E-state index contributed by atoms with van der Waals surface area (Å²) in [6.45, 7) is 4.44. The maximum absolute atomic E-state index is 3.13. The van der Waals surface area contributed by atoms with Crippen molar-refractivity contribution in [3.05, 3.63) is 17.9 Å². The Morgan fingerprint density at radius 1 is 0.933 bits per heavy atom. The third-order valence-electron chi connectivity index (χ3n) is 2.23. The van der Waals surface area contributed by atoms with Gasteiger partial charge in [0.25, 0.3) is 0 Å². The molecule has 84 valence electrons. The molecule has 0 spiro atoms. The zero-order chi connectivity index (χ0) is 11.2. The Hall–Kier alpha value is -0.920.